The summed E-state index contributed by atoms with van der Waals surface area (Å²) in [4.78, 5) is 28.0. The highest BCUT2D eigenvalue weighted by Gasteiger charge is 2.24. The number of nitrogens with one attached hydrogen (secondary N) is 2. The van der Waals surface area contributed by atoms with Gasteiger partial charge < -0.3 is 4.98 Å². The van der Waals surface area contributed by atoms with Crippen LogP contribution in [0.5, 0.6) is 0 Å². The van der Waals surface area contributed by atoms with E-state index in [1.807, 2.05) is 0 Å². The Hall–Kier alpha value is -3.01. The molecule has 3 aromatic heterocycles. The van der Waals surface area contributed by atoms with Crippen LogP contribution < -0.4 is 4.72 Å². The van der Waals surface area contributed by atoms with Gasteiger partial charge in [-0.2, -0.15) is 0 Å². The summed E-state index contributed by atoms with van der Waals surface area (Å²) in [5, 5.41) is 0.495. The van der Waals surface area contributed by atoms with Gasteiger partial charge in [0.25, 0.3) is 10.0 Å². The van der Waals surface area contributed by atoms with Crippen LogP contribution in [0.2, 0.25) is 10.0 Å². The van der Waals surface area contributed by atoms with E-state index in [2.05, 4.69) is 24.7 Å². The largest absolute Gasteiger partial charge is 0.346 e. The van der Waals surface area contributed by atoms with Crippen LogP contribution in [0.25, 0.3) is 11.0 Å². The summed E-state index contributed by atoms with van der Waals surface area (Å²) >= 11 is 11.8. The van der Waals surface area contributed by atoms with Gasteiger partial charge in [0, 0.05) is 17.8 Å². The molecule has 1 aromatic carbocycles. The zero-order valence-electron chi connectivity index (χ0n) is 16.3. The SMILES string of the molecule is [2H]c1c[nH]c2ncnc(C(=O)c3ncc(C)cc3NS(=O)(=O)c3ccc(Cl)c(Cl)c3)c12. The Kier molecular flexibility index (Phi) is 4.86. The van der Waals surface area contributed by atoms with E-state index < -0.39 is 15.8 Å². The topological polar surface area (TPSA) is 118 Å². The van der Waals surface area contributed by atoms with E-state index in [0.29, 0.717) is 11.2 Å². The molecular weight excluding hydrogens is 449 g/mol. The summed E-state index contributed by atoms with van der Waals surface area (Å²) in [5.41, 5.74) is 0.662. The zero-order chi connectivity index (χ0) is 22.3. The van der Waals surface area contributed by atoms with Gasteiger partial charge in [-0.25, -0.2) is 18.4 Å². The van der Waals surface area contributed by atoms with Crippen LogP contribution in [-0.4, -0.2) is 34.1 Å². The number of hydrogen-bond donors (Lipinski definition) is 2. The van der Waals surface area contributed by atoms with Crippen molar-refractivity contribution in [1.82, 2.24) is 19.9 Å². The first-order chi connectivity index (χ1) is 14.7. The highest BCUT2D eigenvalue weighted by molar-refractivity contribution is 7.92. The van der Waals surface area contributed by atoms with Crippen LogP contribution in [-0.2, 0) is 10.0 Å². The van der Waals surface area contributed by atoms with Crippen LogP contribution in [0.3, 0.4) is 0 Å². The molecule has 0 amide bonds. The van der Waals surface area contributed by atoms with Gasteiger partial charge in [-0.15, -0.1) is 0 Å². The van der Waals surface area contributed by atoms with Crippen molar-refractivity contribution in [3.05, 3.63) is 76.0 Å². The zero-order valence-corrected chi connectivity index (χ0v) is 17.6. The summed E-state index contributed by atoms with van der Waals surface area (Å²) in [6, 6.07) is 5.37. The van der Waals surface area contributed by atoms with Gasteiger partial charge in [0.15, 0.2) is 0 Å². The Morgan fingerprint density at radius 3 is 2.70 bits per heavy atom. The number of nitrogens with zero attached hydrogens (tertiary/aromatic N) is 3. The summed E-state index contributed by atoms with van der Waals surface area (Å²) in [5.74, 6) is -0.660. The van der Waals surface area contributed by atoms with Crippen molar-refractivity contribution in [3.8, 4) is 0 Å². The Bertz CT molecular complexity index is 1460. The smallest absolute Gasteiger partial charge is 0.262 e. The van der Waals surface area contributed by atoms with Crippen LogP contribution in [0.1, 0.15) is 23.1 Å². The number of fused-ring (bicyclic) bond motifs is 1. The van der Waals surface area contributed by atoms with E-state index in [9.17, 15) is 13.2 Å². The number of H-pyrrole nitrogens is 1. The van der Waals surface area contributed by atoms with Gasteiger partial charge in [-0.1, -0.05) is 23.2 Å². The number of benzene rings is 1. The first-order valence-corrected chi connectivity index (χ1v) is 10.7. The average Bonchev–Trinajstić information content (AvgIpc) is 3.10. The fourth-order valence-electron chi connectivity index (χ4n) is 2.77. The number of pyridine rings is 1. The summed E-state index contributed by atoms with van der Waals surface area (Å²) < 4.78 is 36.2. The normalized spacial score (nSPS) is 12.0. The van der Waals surface area contributed by atoms with Crippen molar-refractivity contribution in [3.63, 3.8) is 0 Å². The quantitative estimate of drug-likeness (QED) is 0.432. The van der Waals surface area contributed by atoms with Gasteiger partial charge in [0.1, 0.15) is 23.4 Å². The van der Waals surface area contributed by atoms with Crippen molar-refractivity contribution in [2.24, 2.45) is 0 Å². The average molecular weight is 463 g/mol. The molecular formula is C19H13Cl2N5O3S. The molecule has 0 saturated heterocycles. The second-order valence-electron chi connectivity index (χ2n) is 6.30. The number of ketones is 1. The van der Waals surface area contributed by atoms with Crippen LogP contribution >= 0.6 is 23.2 Å². The van der Waals surface area contributed by atoms with Gasteiger partial charge >= 0.3 is 0 Å². The van der Waals surface area contributed by atoms with E-state index in [0.717, 1.165) is 0 Å². The molecule has 11 heteroatoms. The number of hydrogen-bond acceptors (Lipinski definition) is 6. The van der Waals surface area contributed by atoms with E-state index in [4.69, 9.17) is 24.6 Å². The third-order valence-corrected chi connectivity index (χ3v) is 6.28. The Morgan fingerprint density at radius 1 is 1.13 bits per heavy atom. The Balaban J connectivity index is 1.80. The van der Waals surface area contributed by atoms with Crippen LogP contribution in [0.4, 0.5) is 5.69 Å². The number of anilines is 1. The third-order valence-electron chi connectivity index (χ3n) is 4.17. The molecule has 0 unspecified atom stereocenters. The molecule has 4 aromatic rings. The molecule has 3 heterocycles. The number of aryl methyl sites for hydroxylation is 1. The third kappa shape index (κ3) is 3.74. The number of sulfonamides is 1. The van der Waals surface area contributed by atoms with Gasteiger partial charge in [0.05, 0.1) is 22.0 Å². The highest BCUT2D eigenvalue weighted by atomic mass is 35.5. The molecule has 0 bridgehead atoms. The second kappa shape index (κ2) is 7.67. The van der Waals surface area contributed by atoms with Gasteiger partial charge in [-0.05, 0) is 42.8 Å². The van der Waals surface area contributed by atoms with Gasteiger partial charge in [0.2, 0.25) is 5.78 Å². The van der Waals surface area contributed by atoms with Crippen molar-refractivity contribution < 1.29 is 14.6 Å². The molecule has 0 spiro atoms. The standard InChI is InChI=1S/C19H13Cl2N5O3S/c1-10-6-15(26-30(28,29)11-2-3-13(20)14(21)7-11)17(23-8-10)18(27)16-12-4-5-22-19(12)25-9-24-16/h2-9,26H,1H3,(H,22,24,25)/i4D. The lowest BCUT2D eigenvalue weighted by Gasteiger charge is -2.13. The molecule has 2 N–H and O–H groups in total. The van der Waals surface area contributed by atoms with Crippen LogP contribution in [0.15, 0.2) is 53.9 Å². The molecule has 0 aliphatic rings. The van der Waals surface area contributed by atoms with E-state index in [-0.39, 0.29) is 43.4 Å². The second-order valence-corrected chi connectivity index (χ2v) is 8.80. The Labute approximate surface area is 182 Å². The minimum absolute atomic E-state index is 0.0315. The first kappa shape index (κ1) is 19.0. The molecule has 0 atom stereocenters. The maximum Gasteiger partial charge on any atom is 0.262 e. The molecule has 0 aliphatic heterocycles. The fourth-order valence-corrected chi connectivity index (χ4v) is 4.21. The Morgan fingerprint density at radius 2 is 1.93 bits per heavy atom. The lowest BCUT2D eigenvalue weighted by Crippen LogP contribution is -2.18. The molecule has 0 fully saturated rings. The predicted octanol–water partition coefficient (Wildman–Crippen LogP) is 4.00. The summed E-state index contributed by atoms with van der Waals surface area (Å²) in [7, 11) is -4.11. The molecule has 0 aliphatic carbocycles. The van der Waals surface area contributed by atoms with E-state index in [1.54, 1.807) is 6.92 Å². The number of aromatic amines is 1. The van der Waals surface area contributed by atoms with E-state index >= 15 is 0 Å². The lowest BCUT2D eigenvalue weighted by atomic mass is 10.1. The highest BCUT2D eigenvalue weighted by Crippen LogP contribution is 2.28. The molecule has 0 saturated carbocycles. The predicted molar refractivity (Wildman–Crippen MR) is 114 cm³/mol. The molecule has 152 valence electrons. The maximum atomic E-state index is 13.2. The van der Waals surface area contributed by atoms with Crippen molar-refractivity contribution in [1.29, 1.82) is 0 Å². The number of carbonyl (C=O) groups is 1. The molecule has 4 rings (SSSR count). The fraction of sp³-hybridized carbons (Fsp3) is 0.0526. The number of rotatable bonds is 5. The minimum atomic E-state index is -4.11. The number of halogens is 2. The minimum Gasteiger partial charge on any atom is -0.346 e. The van der Waals surface area contributed by atoms with E-state index in [1.165, 1.54) is 43.0 Å². The summed E-state index contributed by atoms with van der Waals surface area (Å²) in [6.07, 6.45) is 3.99. The summed E-state index contributed by atoms with van der Waals surface area (Å²) in [6.45, 7) is 1.70. The van der Waals surface area contributed by atoms with Crippen molar-refractivity contribution in [2.75, 3.05) is 4.72 Å². The number of aromatic nitrogens is 4. The molecule has 0 radical (unpaired) electrons. The van der Waals surface area contributed by atoms with Crippen molar-refractivity contribution in [2.45, 2.75) is 11.8 Å². The lowest BCUT2D eigenvalue weighted by molar-refractivity contribution is 0.103. The number of carbonyl (C=O) groups excluding carboxylic acids is 1. The van der Waals surface area contributed by atoms with Crippen molar-refractivity contribution >= 4 is 55.7 Å². The maximum absolute atomic E-state index is 13.2. The first-order valence-electron chi connectivity index (χ1n) is 8.95. The van der Waals surface area contributed by atoms with Crippen LogP contribution in [0, 0.1) is 6.92 Å². The molecule has 8 nitrogen and oxygen atoms in total. The van der Waals surface area contributed by atoms with Gasteiger partial charge in [-0.3, -0.25) is 14.5 Å². The monoisotopic (exact) mass is 462 g/mol. The molecule has 30 heavy (non-hydrogen) atoms.